The van der Waals surface area contributed by atoms with Crippen LogP contribution in [0.3, 0.4) is 0 Å². The van der Waals surface area contributed by atoms with Crippen molar-refractivity contribution >= 4 is 17.2 Å². The zero-order valence-electron chi connectivity index (χ0n) is 12.3. The highest BCUT2D eigenvalue weighted by Crippen LogP contribution is 2.23. The summed E-state index contributed by atoms with van der Waals surface area (Å²) in [5, 5.41) is 12.4. The number of aryl methyl sites for hydroxylation is 2. The van der Waals surface area contributed by atoms with Gasteiger partial charge in [0.2, 0.25) is 0 Å². The van der Waals surface area contributed by atoms with Crippen molar-refractivity contribution < 1.29 is 18.7 Å². The van der Waals surface area contributed by atoms with Gasteiger partial charge in [-0.25, -0.2) is 8.78 Å². The predicted octanol–water partition coefficient (Wildman–Crippen LogP) is 3.36. The summed E-state index contributed by atoms with van der Waals surface area (Å²) in [6, 6.07) is 5.16. The Balaban J connectivity index is 2.04. The Hall–Kier alpha value is -1.79. The van der Waals surface area contributed by atoms with Gasteiger partial charge in [0.25, 0.3) is 5.91 Å². The maximum atomic E-state index is 13.5. The number of rotatable bonds is 5. The maximum Gasteiger partial charge on any atom is 0.261 e. The largest absolute Gasteiger partial charge is 0.386 e. The summed E-state index contributed by atoms with van der Waals surface area (Å²) in [5.74, 6) is -2.02. The van der Waals surface area contributed by atoms with E-state index in [4.69, 9.17) is 0 Å². The van der Waals surface area contributed by atoms with Crippen LogP contribution in [-0.2, 0) is 6.42 Å². The molecule has 2 N–H and O–H groups in total. The van der Waals surface area contributed by atoms with E-state index in [0.717, 1.165) is 29.0 Å². The third-order valence-electron chi connectivity index (χ3n) is 3.41. The molecule has 1 heterocycles. The van der Waals surface area contributed by atoms with Crippen molar-refractivity contribution in [3.05, 3.63) is 56.8 Å². The first-order chi connectivity index (χ1) is 10.4. The molecule has 2 aromatic rings. The number of aliphatic hydroxyl groups excluding tert-OH is 1. The molecule has 0 aliphatic rings. The van der Waals surface area contributed by atoms with Crippen molar-refractivity contribution in [1.82, 2.24) is 5.32 Å². The average Bonchev–Trinajstić information content (AvgIpc) is 2.85. The summed E-state index contributed by atoms with van der Waals surface area (Å²) in [5.41, 5.74) is 0.662. The summed E-state index contributed by atoms with van der Waals surface area (Å²) < 4.78 is 27.1. The number of hydrogen-bond acceptors (Lipinski definition) is 3. The Labute approximate surface area is 131 Å². The van der Waals surface area contributed by atoms with E-state index in [1.807, 2.05) is 13.8 Å². The smallest absolute Gasteiger partial charge is 0.261 e. The van der Waals surface area contributed by atoms with Crippen molar-refractivity contribution in [1.29, 1.82) is 0 Å². The number of benzene rings is 1. The molecule has 0 aliphatic carbocycles. The molecule has 0 bridgehead atoms. The topological polar surface area (TPSA) is 49.3 Å². The highest BCUT2D eigenvalue weighted by Gasteiger charge is 2.19. The van der Waals surface area contributed by atoms with E-state index >= 15 is 0 Å². The van der Waals surface area contributed by atoms with Crippen LogP contribution in [0.1, 0.15) is 38.7 Å². The van der Waals surface area contributed by atoms with Crippen molar-refractivity contribution in [2.24, 2.45) is 0 Å². The molecule has 22 heavy (non-hydrogen) atoms. The fraction of sp³-hybridized carbons (Fsp3) is 0.312. The Kier molecular flexibility index (Phi) is 5.26. The van der Waals surface area contributed by atoms with Crippen LogP contribution in [-0.4, -0.2) is 17.6 Å². The molecular formula is C16H17F2NO2S. The molecule has 118 valence electrons. The lowest BCUT2D eigenvalue weighted by Gasteiger charge is -2.13. The zero-order valence-corrected chi connectivity index (χ0v) is 13.1. The normalized spacial score (nSPS) is 12.2. The molecule has 1 unspecified atom stereocenters. The summed E-state index contributed by atoms with van der Waals surface area (Å²) in [6.07, 6.45) is -0.601. The van der Waals surface area contributed by atoms with Crippen molar-refractivity contribution in [3.63, 3.8) is 0 Å². The van der Waals surface area contributed by atoms with E-state index in [1.54, 1.807) is 6.07 Å². The van der Waals surface area contributed by atoms with E-state index < -0.39 is 23.3 Å². The maximum absolute atomic E-state index is 13.5. The number of carbonyl (C=O) groups is 1. The Morgan fingerprint density at radius 1 is 1.36 bits per heavy atom. The SMILES string of the molecule is CCc1cc(C(=O)NCC(O)c2c(F)cccc2F)sc1C. The fourth-order valence-electron chi connectivity index (χ4n) is 2.19. The fourth-order valence-corrected chi connectivity index (χ4v) is 3.22. The number of thiophene rings is 1. The average molecular weight is 325 g/mol. The van der Waals surface area contributed by atoms with E-state index in [-0.39, 0.29) is 12.5 Å². The third-order valence-corrected chi connectivity index (χ3v) is 4.51. The standard InChI is InChI=1S/C16H17F2NO2S/c1-3-10-7-14(22-9(10)2)16(21)19-8-13(20)15-11(17)5-4-6-12(15)18/h4-7,13,20H,3,8H2,1-2H3,(H,19,21). The number of nitrogens with one attached hydrogen (secondary N) is 1. The Morgan fingerprint density at radius 2 is 2.00 bits per heavy atom. The molecule has 6 heteroatoms. The number of carbonyl (C=O) groups excluding carboxylic acids is 1. The lowest BCUT2D eigenvalue weighted by Crippen LogP contribution is -2.28. The Morgan fingerprint density at radius 3 is 2.55 bits per heavy atom. The van der Waals surface area contributed by atoms with Crippen LogP contribution >= 0.6 is 11.3 Å². The molecule has 0 spiro atoms. The van der Waals surface area contributed by atoms with Gasteiger partial charge in [-0.3, -0.25) is 4.79 Å². The predicted molar refractivity (Wildman–Crippen MR) is 82.1 cm³/mol. The van der Waals surface area contributed by atoms with Gasteiger partial charge in [0, 0.05) is 11.4 Å². The van der Waals surface area contributed by atoms with Gasteiger partial charge < -0.3 is 10.4 Å². The van der Waals surface area contributed by atoms with Crippen LogP contribution in [0.2, 0.25) is 0 Å². The molecule has 0 fully saturated rings. The van der Waals surface area contributed by atoms with E-state index in [1.165, 1.54) is 17.4 Å². The van der Waals surface area contributed by atoms with Crippen molar-refractivity contribution in [2.75, 3.05) is 6.54 Å². The molecule has 2 rings (SSSR count). The van der Waals surface area contributed by atoms with Gasteiger partial charge in [0.05, 0.1) is 10.4 Å². The summed E-state index contributed by atoms with van der Waals surface area (Å²) in [7, 11) is 0. The van der Waals surface area contributed by atoms with Crippen LogP contribution in [0.5, 0.6) is 0 Å². The van der Waals surface area contributed by atoms with Gasteiger partial charge in [-0.2, -0.15) is 0 Å². The zero-order chi connectivity index (χ0) is 16.3. The van der Waals surface area contributed by atoms with Crippen LogP contribution in [0.15, 0.2) is 24.3 Å². The number of halogens is 2. The van der Waals surface area contributed by atoms with Crippen LogP contribution in [0.4, 0.5) is 8.78 Å². The van der Waals surface area contributed by atoms with Crippen LogP contribution in [0.25, 0.3) is 0 Å². The molecule has 1 amide bonds. The molecule has 0 aliphatic heterocycles. The molecule has 0 saturated heterocycles. The van der Waals surface area contributed by atoms with Gasteiger partial charge in [-0.05, 0) is 37.1 Å². The van der Waals surface area contributed by atoms with E-state index in [0.29, 0.717) is 4.88 Å². The quantitative estimate of drug-likeness (QED) is 0.885. The molecule has 1 aromatic carbocycles. The molecule has 1 aromatic heterocycles. The van der Waals surface area contributed by atoms with Gasteiger partial charge in [0.15, 0.2) is 0 Å². The molecule has 3 nitrogen and oxygen atoms in total. The Bertz CT molecular complexity index is 665. The lowest BCUT2D eigenvalue weighted by molar-refractivity contribution is 0.0915. The first-order valence-corrected chi connectivity index (χ1v) is 7.75. The second-order valence-electron chi connectivity index (χ2n) is 4.91. The summed E-state index contributed by atoms with van der Waals surface area (Å²) in [6.45, 7) is 3.68. The monoisotopic (exact) mass is 325 g/mol. The van der Waals surface area contributed by atoms with Gasteiger partial charge in [0.1, 0.15) is 17.7 Å². The van der Waals surface area contributed by atoms with Crippen molar-refractivity contribution in [3.8, 4) is 0 Å². The summed E-state index contributed by atoms with van der Waals surface area (Å²) >= 11 is 1.36. The van der Waals surface area contributed by atoms with Crippen LogP contribution < -0.4 is 5.32 Å². The number of amides is 1. The minimum atomic E-state index is -1.43. The third kappa shape index (κ3) is 3.51. The first-order valence-electron chi connectivity index (χ1n) is 6.93. The first kappa shape index (κ1) is 16.6. The molecule has 1 atom stereocenters. The number of hydrogen-bond donors (Lipinski definition) is 2. The molecule has 0 radical (unpaired) electrons. The second-order valence-corrected chi connectivity index (χ2v) is 6.16. The lowest BCUT2D eigenvalue weighted by atomic mass is 10.1. The second kappa shape index (κ2) is 6.98. The van der Waals surface area contributed by atoms with Crippen molar-refractivity contribution in [2.45, 2.75) is 26.4 Å². The van der Waals surface area contributed by atoms with E-state index in [2.05, 4.69) is 5.32 Å². The minimum Gasteiger partial charge on any atom is -0.386 e. The van der Waals surface area contributed by atoms with Gasteiger partial charge in [-0.15, -0.1) is 11.3 Å². The van der Waals surface area contributed by atoms with Gasteiger partial charge in [-0.1, -0.05) is 13.0 Å². The molecule has 0 saturated carbocycles. The van der Waals surface area contributed by atoms with Gasteiger partial charge >= 0.3 is 0 Å². The van der Waals surface area contributed by atoms with E-state index in [9.17, 15) is 18.7 Å². The van der Waals surface area contributed by atoms with Crippen LogP contribution in [0, 0.1) is 18.6 Å². The number of aliphatic hydroxyl groups is 1. The summed E-state index contributed by atoms with van der Waals surface area (Å²) in [4.78, 5) is 13.6. The minimum absolute atomic E-state index is 0.255. The highest BCUT2D eigenvalue weighted by molar-refractivity contribution is 7.14. The molecular weight excluding hydrogens is 308 g/mol. The highest BCUT2D eigenvalue weighted by atomic mass is 32.1.